The van der Waals surface area contributed by atoms with Gasteiger partial charge >= 0.3 is 11.4 Å². The van der Waals surface area contributed by atoms with Crippen LogP contribution in [0.2, 0.25) is 0 Å². The minimum absolute atomic E-state index is 0.0561. The molecule has 1 heterocycles. The molecule has 25 heavy (non-hydrogen) atoms. The molecule has 1 atom stereocenters. The summed E-state index contributed by atoms with van der Waals surface area (Å²) in [5, 5.41) is 0. The minimum Gasteiger partial charge on any atom is -0.280 e. The predicted octanol–water partition coefficient (Wildman–Crippen LogP) is 0.558. The van der Waals surface area contributed by atoms with Crippen molar-refractivity contribution in [3.8, 4) is 0 Å². The number of aromatic nitrogens is 3. The van der Waals surface area contributed by atoms with Gasteiger partial charge in [0.2, 0.25) is 10.0 Å². The summed E-state index contributed by atoms with van der Waals surface area (Å²) in [6, 6.07) is 9.01. The van der Waals surface area contributed by atoms with Gasteiger partial charge in [-0.05, 0) is 18.9 Å². The van der Waals surface area contributed by atoms with E-state index in [-0.39, 0.29) is 18.3 Å². The van der Waals surface area contributed by atoms with Crippen LogP contribution in [-0.2, 0) is 16.6 Å². The summed E-state index contributed by atoms with van der Waals surface area (Å²) in [5.41, 5.74) is -0.364. The zero-order valence-corrected chi connectivity index (χ0v) is 14.6. The van der Waals surface area contributed by atoms with Crippen LogP contribution in [0.1, 0.15) is 24.9 Å². The van der Waals surface area contributed by atoms with Crippen LogP contribution >= 0.6 is 0 Å². The van der Waals surface area contributed by atoms with Crippen LogP contribution in [0.4, 0.5) is 0 Å². The first-order chi connectivity index (χ1) is 11.9. The lowest BCUT2D eigenvalue weighted by Crippen LogP contribution is -2.30. The number of benzene rings is 1. The molecule has 0 saturated heterocycles. The van der Waals surface area contributed by atoms with Crippen molar-refractivity contribution in [2.24, 2.45) is 0 Å². The lowest BCUT2D eigenvalue weighted by Gasteiger charge is -2.14. The maximum Gasteiger partial charge on any atom is 0.350 e. The first-order valence-electron chi connectivity index (χ1n) is 7.73. The van der Waals surface area contributed by atoms with Crippen molar-refractivity contribution < 1.29 is 8.42 Å². The topological polar surface area (TPSA) is 114 Å². The number of nitrogens with zero attached hydrogens (tertiary/aromatic N) is 2. The fourth-order valence-electron chi connectivity index (χ4n) is 2.17. The van der Waals surface area contributed by atoms with Crippen molar-refractivity contribution in [2.45, 2.75) is 25.9 Å². The molecular weight excluding hydrogens is 344 g/mol. The molecule has 8 nitrogen and oxygen atoms in total. The van der Waals surface area contributed by atoms with E-state index in [2.05, 4.69) is 9.71 Å². The largest absolute Gasteiger partial charge is 0.350 e. The molecule has 0 aliphatic rings. The maximum atomic E-state index is 12.1. The van der Waals surface area contributed by atoms with Gasteiger partial charge in [0.05, 0.1) is 5.75 Å². The van der Waals surface area contributed by atoms with Crippen LogP contribution in [-0.4, -0.2) is 28.7 Å². The molecule has 0 bridgehead atoms. The molecule has 0 amide bonds. The summed E-state index contributed by atoms with van der Waals surface area (Å²) in [4.78, 5) is 27.8. The third kappa shape index (κ3) is 6.12. The van der Waals surface area contributed by atoms with Gasteiger partial charge in [0, 0.05) is 12.6 Å². The van der Waals surface area contributed by atoms with Gasteiger partial charge < -0.3 is 0 Å². The standard InChI is InChI=1S/C16H20N4O4S/c1-13(14-8-4-2-5-9-14)19-25(23,24)11-7-3-6-10-20-12-17-15(21)18-16(20)22/h2-6,8-9,12-13,19H,7,10-11H2,1H3,(H,18,21,22)/b6-3+/t13-/m1/s1. The van der Waals surface area contributed by atoms with Gasteiger partial charge in [-0.15, -0.1) is 0 Å². The second-order valence-corrected chi connectivity index (χ2v) is 7.33. The van der Waals surface area contributed by atoms with E-state index in [4.69, 9.17) is 0 Å². The van der Waals surface area contributed by atoms with Crippen molar-refractivity contribution in [2.75, 3.05) is 5.75 Å². The molecule has 134 valence electrons. The number of hydrogen-bond donors (Lipinski definition) is 2. The smallest absolute Gasteiger partial charge is 0.280 e. The third-order valence-corrected chi connectivity index (χ3v) is 4.95. The van der Waals surface area contributed by atoms with Crippen molar-refractivity contribution in [1.82, 2.24) is 19.3 Å². The predicted molar refractivity (Wildman–Crippen MR) is 94.7 cm³/mol. The van der Waals surface area contributed by atoms with E-state index in [1.54, 1.807) is 19.1 Å². The Kier molecular flexibility index (Phi) is 6.43. The molecule has 0 aliphatic carbocycles. The molecule has 9 heteroatoms. The number of hydrogen-bond acceptors (Lipinski definition) is 5. The Morgan fingerprint density at radius 1 is 1.24 bits per heavy atom. The lowest BCUT2D eigenvalue weighted by atomic mass is 10.1. The van der Waals surface area contributed by atoms with Crippen LogP contribution in [0.5, 0.6) is 0 Å². The molecule has 0 radical (unpaired) electrons. The Bertz CT molecular complexity index is 932. The van der Waals surface area contributed by atoms with Gasteiger partial charge in [-0.2, -0.15) is 4.98 Å². The van der Waals surface area contributed by atoms with E-state index in [0.717, 1.165) is 11.9 Å². The summed E-state index contributed by atoms with van der Waals surface area (Å²) in [6.07, 6.45) is 4.77. The molecule has 2 rings (SSSR count). The van der Waals surface area contributed by atoms with Crippen LogP contribution in [0, 0.1) is 0 Å². The summed E-state index contributed by atoms with van der Waals surface area (Å²) in [7, 11) is -3.42. The highest BCUT2D eigenvalue weighted by Gasteiger charge is 2.14. The van der Waals surface area contributed by atoms with Crippen molar-refractivity contribution in [1.29, 1.82) is 0 Å². The molecule has 0 aliphatic heterocycles. The zero-order chi connectivity index (χ0) is 18.3. The molecule has 0 spiro atoms. The van der Waals surface area contributed by atoms with E-state index in [1.165, 1.54) is 4.57 Å². The number of aromatic amines is 1. The Hall–Kier alpha value is -2.52. The zero-order valence-electron chi connectivity index (χ0n) is 13.8. The molecular formula is C16H20N4O4S. The normalized spacial score (nSPS) is 13.2. The fourth-order valence-corrected chi connectivity index (χ4v) is 3.41. The highest BCUT2D eigenvalue weighted by Crippen LogP contribution is 2.12. The van der Waals surface area contributed by atoms with Gasteiger partial charge in [-0.3, -0.25) is 9.55 Å². The average molecular weight is 364 g/mol. The number of H-pyrrole nitrogens is 1. The van der Waals surface area contributed by atoms with Gasteiger partial charge in [-0.25, -0.2) is 22.7 Å². The lowest BCUT2D eigenvalue weighted by molar-refractivity contribution is 0.566. The molecule has 0 unspecified atom stereocenters. The van der Waals surface area contributed by atoms with Gasteiger partial charge in [0.25, 0.3) is 0 Å². The minimum atomic E-state index is -3.42. The molecule has 1 aromatic heterocycles. The highest BCUT2D eigenvalue weighted by atomic mass is 32.2. The molecule has 0 saturated carbocycles. The first-order valence-corrected chi connectivity index (χ1v) is 9.38. The van der Waals surface area contributed by atoms with E-state index < -0.39 is 21.4 Å². The summed E-state index contributed by atoms with van der Waals surface area (Å²) < 4.78 is 28.0. The van der Waals surface area contributed by atoms with Gasteiger partial charge in [-0.1, -0.05) is 42.5 Å². The van der Waals surface area contributed by atoms with Crippen LogP contribution in [0.25, 0.3) is 0 Å². The van der Waals surface area contributed by atoms with Crippen LogP contribution < -0.4 is 16.1 Å². The van der Waals surface area contributed by atoms with Crippen molar-refractivity contribution in [3.63, 3.8) is 0 Å². The van der Waals surface area contributed by atoms with Gasteiger partial charge in [0.15, 0.2) is 0 Å². The molecule has 2 N–H and O–H groups in total. The number of rotatable bonds is 8. The molecule has 2 aromatic rings. The van der Waals surface area contributed by atoms with Crippen LogP contribution in [0.15, 0.2) is 58.4 Å². The highest BCUT2D eigenvalue weighted by molar-refractivity contribution is 7.89. The number of allylic oxidation sites excluding steroid dienone is 2. The second kappa shape index (κ2) is 8.54. The first kappa shape index (κ1) is 18.8. The second-order valence-electron chi connectivity index (χ2n) is 5.46. The monoisotopic (exact) mass is 364 g/mol. The quantitative estimate of drug-likeness (QED) is 0.664. The van der Waals surface area contributed by atoms with Crippen molar-refractivity contribution in [3.05, 3.63) is 75.3 Å². The van der Waals surface area contributed by atoms with E-state index in [9.17, 15) is 18.0 Å². The fraction of sp³-hybridized carbons (Fsp3) is 0.312. The summed E-state index contributed by atoms with van der Waals surface area (Å²) in [5.74, 6) is -0.0561. The average Bonchev–Trinajstić information content (AvgIpc) is 2.56. The van der Waals surface area contributed by atoms with Crippen LogP contribution in [0.3, 0.4) is 0 Å². The van der Waals surface area contributed by atoms with Gasteiger partial charge in [0.1, 0.15) is 6.33 Å². The Morgan fingerprint density at radius 3 is 2.64 bits per heavy atom. The maximum absolute atomic E-state index is 12.1. The Balaban J connectivity index is 1.83. The Morgan fingerprint density at radius 2 is 1.96 bits per heavy atom. The number of sulfonamides is 1. The third-order valence-electron chi connectivity index (χ3n) is 3.47. The molecule has 0 fully saturated rings. The summed E-state index contributed by atoms with van der Waals surface area (Å²) in [6.45, 7) is 1.99. The SMILES string of the molecule is C[C@@H](NS(=O)(=O)CC/C=C/Cn1cnc(=O)[nH]c1=O)c1ccccc1. The molecule has 1 aromatic carbocycles. The summed E-state index contributed by atoms with van der Waals surface area (Å²) >= 11 is 0. The van der Waals surface area contributed by atoms with E-state index in [1.807, 2.05) is 35.3 Å². The van der Waals surface area contributed by atoms with Crippen molar-refractivity contribution >= 4 is 10.0 Å². The van der Waals surface area contributed by atoms with E-state index >= 15 is 0 Å². The van der Waals surface area contributed by atoms with E-state index in [0.29, 0.717) is 6.42 Å². The number of nitrogens with one attached hydrogen (secondary N) is 2. The Labute approximate surface area is 145 Å².